The zero-order valence-electron chi connectivity index (χ0n) is 34.2. The number of carbonyl (C=O) groups is 2. The molecule has 4 unspecified atom stereocenters. The highest BCUT2D eigenvalue weighted by molar-refractivity contribution is 6.21. The molecule has 6 aromatic carbocycles. The molecule has 0 fully saturated rings. The van der Waals surface area contributed by atoms with E-state index in [2.05, 4.69) is 6.92 Å². The maximum absolute atomic E-state index is 12.2. The number of para-hydroxylation sites is 2. The van der Waals surface area contributed by atoms with E-state index in [1.165, 1.54) is 0 Å². The van der Waals surface area contributed by atoms with Crippen LogP contribution >= 0.6 is 0 Å². The highest BCUT2D eigenvalue weighted by Gasteiger charge is 2.50. The van der Waals surface area contributed by atoms with Gasteiger partial charge in [0.25, 0.3) is 0 Å². The summed E-state index contributed by atoms with van der Waals surface area (Å²) in [5, 5.41) is 19.9. The number of carboxylic acid groups (broad SMARTS) is 2. The number of hydrogen-bond acceptors (Lipinski definition) is 6. The zero-order valence-corrected chi connectivity index (χ0v) is 34.2. The normalized spacial score (nSPS) is 18.3. The van der Waals surface area contributed by atoms with Crippen LogP contribution in [0.3, 0.4) is 0 Å². The number of benzene rings is 6. The average Bonchev–Trinajstić information content (AvgIpc) is 3.76. The molecule has 0 bridgehead atoms. The molecular formula is C52H48N4O4. The second kappa shape index (κ2) is 17.8. The number of amidine groups is 2. The highest BCUT2D eigenvalue weighted by Crippen LogP contribution is 2.49. The van der Waals surface area contributed by atoms with E-state index in [1.54, 1.807) is 13.8 Å². The Balaban J connectivity index is 0.000000182. The quantitative estimate of drug-likeness (QED) is 0.134. The largest absolute Gasteiger partial charge is 0.481 e. The van der Waals surface area contributed by atoms with Crippen molar-refractivity contribution >= 4 is 46.4 Å². The number of aliphatic imine (C=N–C) groups is 4. The van der Waals surface area contributed by atoms with E-state index in [9.17, 15) is 19.8 Å². The van der Waals surface area contributed by atoms with Crippen molar-refractivity contribution < 1.29 is 19.8 Å². The number of hydrogen-bond donors (Lipinski definition) is 2. The van der Waals surface area contributed by atoms with Crippen molar-refractivity contribution in [1.82, 2.24) is 0 Å². The molecule has 8 rings (SSSR count). The molecule has 2 aliphatic rings. The van der Waals surface area contributed by atoms with Crippen LogP contribution in [0.15, 0.2) is 190 Å². The fourth-order valence-electron chi connectivity index (χ4n) is 8.27. The van der Waals surface area contributed by atoms with Gasteiger partial charge in [0.15, 0.2) is 0 Å². The Kier molecular flexibility index (Phi) is 12.2. The monoisotopic (exact) mass is 792 g/mol. The van der Waals surface area contributed by atoms with Gasteiger partial charge in [-0.3, -0.25) is 9.59 Å². The van der Waals surface area contributed by atoms with E-state index >= 15 is 0 Å². The van der Waals surface area contributed by atoms with Gasteiger partial charge in [0.05, 0.1) is 45.5 Å². The van der Waals surface area contributed by atoms with Crippen molar-refractivity contribution in [1.29, 1.82) is 0 Å². The Morgan fingerprint density at radius 2 is 0.867 bits per heavy atom. The van der Waals surface area contributed by atoms with Crippen molar-refractivity contribution in [3.05, 3.63) is 203 Å². The van der Waals surface area contributed by atoms with Crippen LogP contribution < -0.4 is 0 Å². The van der Waals surface area contributed by atoms with Gasteiger partial charge in [-0.15, -0.1) is 0 Å². The Bertz CT molecular complexity index is 2520. The van der Waals surface area contributed by atoms with Crippen molar-refractivity contribution in [3.8, 4) is 0 Å². The zero-order chi connectivity index (χ0) is 42.3. The van der Waals surface area contributed by atoms with Crippen LogP contribution in [0.5, 0.6) is 0 Å². The molecule has 0 aromatic heterocycles. The molecule has 6 aromatic rings. The molecule has 60 heavy (non-hydrogen) atoms. The molecule has 0 saturated carbocycles. The third kappa shape index (κ3) is 7.88. The van der Waals surface area contributed by atoms with Gasteiger partial charge in [-0.05, 0) is 36.6 Å². The lowest BCUT2D eigenvalue weighted by Gasteiger charge is -2.34. The van der Waals surface area contributed by atoms with Crippen molar-refractivity contribution in [2.24, 2.45) is 31.8 Å². The Labute approximate surface area is 351 Å². The van der Waals surface area contributed by atoms with Crippen LogP contribution in [0.4, 0.5) is 11.4 Å². The smallest absolute Gasteiger partial charge is 0.307 e. The highest BCUT2D eigenvalue weighted by atomic mass is 16.4. The lowest BCUT2D eigenvalue weighted by molar-refractivity contribution is -0.143. The van der Waals surface area contributed by atoms with Crippen molar-refractivity contribution in [3.63, 3.8) is 0 Å². The van der Waals surface area contributed by atoms with Gasteiger partial charge >= 0.3 is 11.9 Å². The van der Waals surface area contributed by atoms with Gasteiger partial charge in [-0.2, -0.15) is 0 Å². The topological polar surface area (TPSA) is 124 Å². The summed E-state index contributed by atoms with van der Waals surface area (Å²) in [5.74, 6) is -1.94. The van der Waals surface area contributed by atoms with Crippen LogP contribution in [0, 0.1) is 11.8 Å². The first-order chi connectivity index (χ1) is 29.1. The average molecular weight is 793 g/mol. The molecule has 2 aliphatic heterocycles. The molecule has 2 heterocycles. The fraction of sp³-hybridized carbons (Fsp3) is 0.192. The molecule has 0 amide bonds. The molecule has 300 valence electrons. The second-order valence-corrected chi connectivity index (χ2v) is 15.3. The summed E-state index contributed by atoms with van der Waals surface area (Å²) in [6.45, 7) is 7.50. The fourth-order valence-corrected chi connectivity index (χ4v) is 8.27. The van der Waals surface area contributed by atoms with Crippen LogP contribution in [0.2, 0.25) is 0 Å². The maximum atomic E-state index is 12.2. The van der Waals surface area contributed by atoms with Crippen LogP contribution in [-0.2, 0) is 20.4 Å². The van der Waals surface area contributed by atoms with E-state index in [-0.39, 0.29) is 0 Å². The summed E-state index contributed by atoms with van der Waals surface area (Å²) in [4.78, 5) is 44.0. The van der Waals surface area contributed by atoms with E-state index in [0.717, 1.165) is 62.6 Å². The molecule has 2 N–H and O–H groups in total. The third-order valence-corrected chi connectivity index (χ3v) is 11.8. The predicted molar refractivity (Wildman–Crippen MR) is 242 cm³/mol. The Hall–Kier alpha value is -7.06. The van der Waals surface area contributed by atoms with Crippen LogP contribution in [0.1, 0.15) is 73.9 Å². The van der Waals surface area contributed by atoms with Crippen molar-refractivity contribution in [2.45, 2.75) is 51.4 Å². The molecule has 0 radical (unpaired) electrons. The minimum absolute atomic E-state index is 0.524. The molecule has 0 spiro atoms. The van der Waals surface area contributed by atoms with E-state index in [4.69, 9.17) is 20.0 Å². The van der Waals surface area contributed by atoms with E-state index in [1.807, 2.05) is 177 Å². The van der Waals surface area contributed by atoms with Crippen molar-refractivity contribution in [2.75, 3.05) is 0 Å². The molecule has 8 heteroatoms. The lowest BCUT2D eigenvalue weighted by Crippen LogP contribution is -2.43. The molecular weight excluding hydrogens is 745 g/mol. The second-order valence-electron chi connectivity index (χ2n) is 15.3. The maximum Gasteiger partial charge on any atom is 0.307 e. The number of aliphatic carboxylic acids is 2. The summed E-state index contributed by atoms with van der Waals surface area (Å²) in [6, 6.07) is 55.4. The number of fused-ring (bicyclic) bond motifs is 2. The first-order valence-corrected chi connectivity index (χ1v) is 20.3. The van der Waals surface area contributed by atoms with E-state index < -0.39 is 34.6 Å². The summed E-state index contributed by atoms with van der Waals surface area (Å²) < 4.78 is 0. The summed E-state index contributed by atoms with van der Waals surface area (Å²) in [6.07, 6.45) is 1.49. The molecule has 0 saturated heterocycles. The number of nitrogens with zero attached hydrogens (tertiary/aromatic N) is 4. The first-order valence-electron chi connectivity index (χ1n) is 20.3. The summed E-state index contributed by atoms with van der Waals surface area (Å²) in [7, 11) is 0. The molecule has 8 nitrogen and oxygen atoms in total. The van der Waals surface area contributed by atoms with Gasteiger partial charge in [0.2, 0.25) is 0 Å². The third-order valence-electron chi connectivity index (χ3n) is 11.8. The summed E-state index contributed by atoms with van der Waals surface area (Å²) in [5.41, 5.74) is 7.29. The Morgan fingerprint density at radius 1 is 0.517 bits per heavy atom. The van der Waals surface area contributed by atoms with Gasteiger partial charge in [0.1, 0.15) is 11.7 Å². The summed E-state index contributed by atoms with van der Waals surface area (Å²) >= 11 is 0. The lowest BCUT2D eigenvalue weighted by atomic mass is 9.68. The predicted octanol–water partition coefficient (Wildman–Crippen LogP) is 11.3. The van der Waals surface area contributed by atoms with Gasteiger partial charge in [-0.25, -0.2) is 20.0 Å². The van der Waals surface area contributed by atoms with Gasteiger partial charge < -0.3 is 10.2 Å². The minimum atomic E-state index is -0.868. The Morgan fingerprint density at radius 3 is 1.28 bits per heavy atom. The first kappa shape index (κ1) is 41.1. The van der Waals surface area contributed by atoms with Gasteiger partial charge in [-0.1, -0.05) is 185 Å². The SMILES string of the molecule is CC(C(=O)O)C1(C)C(N=C(c2ccccc2)c2ccccc2)=Nc2ccccc21.CCCC1(C(C)C(=O)O)C(N=C(c2ccccc2)c2ccccc2)=Nc2ccccc21. The standard InChI is InChI=1S/C27H26N2O2.C25H22N2O2/c1-3-18-27(19(2)25(30)31)22-16-10-11-17-23(22)28-26(27)29-24(20-12-6-4-7-13-20)21-14-8-5-9-15-21;1-17(23(28)29)25(2)20-15-9-10-16-21(20)26-24(25)27-22(18-11-5-3-6-12-18)19-13-7-4-8-14-19/h4-17,19H,3,18H2,1-2H3,(H,30,31);3-17H,1-2H3,(H,28,29). The van der Waals surface area contributed by atoms with Crippen LogP contribution in [0.25, 0.3) is 0 Å². The van der Waals surface area contributed by atoms with Crippen LogP contribution in [-0.4, -0.2) is 45.2 Å². The number of rotatable bonds is 10. The molecule has 0 aliphatic carbocycles. The minimum Gasteiger partial charge on any atom is -0.481 e. The van der Waals surface area contributed by atoms with E-state index in [0.29, 0.717) is 18.1 Å². The molecule has 4 atom stereocenters. The van der Waals surface area contributed by atoms with Gasteiger partial charge in [0, 0.05) is 22.3 Å². The number of carboxylic acids is 2.